The number of nitrogens with zero attached hydrogens (tertiary/aromatic N) is 4. The molecule has 0 bridgehead atoms. The highest BCUT2D eigenvalue weighted by Crippen LogP contribution is 2.50. The van der Waals surface area contributed by atoms with Crippen LogP contribution in [-0.4, -0.2) is 15.0 Å². The lowest BCUT2D eigenvalue weighted by atomic mass is 9.93. The highest BCUT2D eigenvalue weighted by Gasteiger charge is 2.29. The van der Waals surface area contributed by atoms with Crippen LogP contribution < -0.4 is 4.90 Å². The zero-order chi connectivity index (χ0) is 29.7. The van der Waals surface area contributed by atoms with Gasteiger partial charge in [0.1, 0.15) is 0 Å². The van der Waals surface area contributed by atoms with Crippen LogP contribution in [0, 0.1) is 0 Å². The lowest BCUT2D eigenvalue weighted by molar-refractivity contribution is 1.09. The standard InChI is InChI=1S/C41H26N4/c1-3-13-27(14-4-1)29-17-11-18-30(25-29)36-26-35(28-15-5-2-6-16-28)43-41(44-36)45-37-23-10-8-20-33(37)40-39-32(21-12-24-38(39)45)31-19-7-9-22-34(31)42-40/h1-26H. The van der Waals surface area contributed by atoms with Crippen molar-refractivity contribution in [2.75, 3.05) is 4.90 Å². The summed E-state index contributed by atoms with van der Waals surface area (Å²) in [5, 5.41) is 3.41. The van der Waals surface area contributed by atoms with Gasteiger partial charge in [-0.15, -0.1) is 0 Å². The largest absolute Gasteiger partial charge is 0.278 e. The molecule has 2 aromatic heterocycles. The molecule has 4 nitrogen and oxygen atoms in total. The van der Waals surface area contributed by atoms with Gasteiger partial charge >= 0.3 is 0 Å². The van der Waals surface area contributed by atoms with Crippen molar-refractivity contribution < 1.29 is 0 Å². The van der Waals surface area contributed by atoms with E-state index in [2.05, 4.69) is 150 Å². The van der Waals surface area contributed by atoms with Crippen LogP contribution in [0.5, 0.6) is 0 Å². The van der Waals surface area contributed by atoms with Gasteiger partial charge in [0.25, 0.3) is 0 Å². The van der Waals surface area contributed by atoms with Gasteiger partial charge in [0, 0.05) is 27.5 Å². The summed E-state index contributed by atoms with van der Waals surface area (Å²) in [5.41, 5.74) is 11.2. The molecule has 0 saturated carbocycles. The smallest absolute Gasteiger partial charge is 0.235 e. The number of benzene rings is 6. The fourth-order valence-corrected chi connectivity index (χ4v) is 6.51. The van der Waals surface area contributed by atoms with E-state index in [4.69, 9.17) is 15.0 Å². The molecule has 210 valence electrons. The van der Waals surface area contributed by atoms with Crippen molar-refractivity contribution in [3.63, 3.8) is 0 Å². The van der Waals surface area contributed by atoms with Gasteiger partial charge in [-0.2, -0.15) is 0 Å². The van der Waals surface area contributed by atoms with Gasteiger partial charge in [0.15, 0.2) is 0 Å². The van der Waals surface area contributed by atoms with E-state index in [-0.39, 0.29) is 0 Å². The number of rotatable bonds is 4. The molecule has 0 atom stereocenters. The first kappa shape index (κ1) is 25.4. The SMILES string of the molecule is c1ccc(-c2cccc(-c3cc(-c4ccccc4)nc(N4c5ccccc5-c5nc6ccccc6c6cccc4c56)n3)c2)cc1. The zero-order valence-corrected chi connectivity index (χ0v) is 24.3. The molecule has 0 spiro atoms. The number of hydrogen-bond acceptors (Lipinski definition) is 4. The normalized spacial score (nSPS) is 12.0. The van der Waals surface area contributed by atoms with Crippen LogP contribution in [0.1, 0.15) is 0 Å². The molecule has 8 aromatic rings. The number of fused-ring (bicyclic) bond motifs is 4. The second-order valence-electron chi connectivity index (χ2n) is 11.3. The number of aromatic nitrogens is 3. The lowest BCUT2D eigenvalue weighted by Gasteiger charge is -2.32. The van der Waals surface area contributed by atoms with Crippen molar-refractivity contribution in [1.82, 2.24) is 15.0 Å². The predicted octanol–water partition coefficient (Wildman–Crippen LogP) is 10.6. The first-order valence-corrected chi connectivity index (χ1v) is 15.1. The van der Waals surface area contributed by atoms with Crippen molar-refractivity contribution >= 4 is 39.0 Å². The molecule has 0 unspecified atom stereocenters. The van der Waals surface area contributed by atoms with E-state index in [9.17, 15) is 0 Å². The Kier molecular flexibility index (Phi) is 5.78. The number of anilines is 3. The molecular formula is C41H26N4. The lowest BCUT2D eigenvalue weighted by Crippen LogP contribution is -2.18. The summed E-state index contributed by atoms with van der Waals surface area (Å²) in [6, 6.07) is 54.8. The molecular weight excluding hydrogens is 548 g/mol. The fourth-order valence-electron chi connectivity index (χ4n) is 6.51. The molecule has 0 saturated heterocycles. The molecule has 45 heavy (non-hydrogen) atoms. The number of pyridine rings is 1. The monoisotopic (exact) mass is 574 g/mol. The highest BCUT2D eigenvalue weighted by molar-refractivity contribution is 6.19. The topological polar surface area (TPSA) is 41.9 Å². The van der Waals surface area contributed by atoms with E-state index in [0.29, 0.717) is 5.95 Å². The number of para-hydroxylation sites is 2. The van der Waals surface area contributed by atoms with E-state index >= 15 is 0 Å². The molecule has 9 rings (SSSR count). The number of hydrogen-bond donors (Lipinski definition) is 0. The maximum atomic E-state index is 5.30. The molecule has 1 aliphatic heterocycles. The second-order valence-corrected chi connectivity index (χ2v) is 11.3. The van der Waals surface area contributed by atoms with Crippen LogP contribution in [0.4, 0.5) is 17.3 Å². The Hall–Kier alpha value is -6.13. The van der Waals surface area contributed by atoms with Gasteiger partial charge in [-0.05, 0) is 46.8 Å². The predicted molar refractivity (Wildman–Crippen MR) is 185 cm³/mol. The summed E-state index contributed by atoms with van der Waals surface area (Å²) in [4.78, 5) is 18.0. The molecule has 0 radical (unpaired) electrons. The Bertz CT molecular complexity index is 2380. The molecule has 0 fully saturated rings. The highest BCUT2D eigenvalue weighted by atomic mass is 15.3. The maximum absolute atomic E-state index is 5.30. The van der Waals surface area contributed by atoms with Crippen LogP contribution in [0.2, 0.25) is 0 Å². The Morgan fingerprint density at radius 2 is 1.00 bits per heavy atom. The Morgan fingerprint density at radius 3 is 1.84 bits per heavy atom. The minimum Gasteiger partial charge on any atom is -0.278 e. The van der Waals surface area contributed by atoms with Crippen LogP contribution >= 0.6 is 0 Å². The third-order valence-electron chi connectivity index (χ3n) is 8.60. The average Bonchev–Trinajstić information content (AvgIpc) is 3.12. The molecule has 4 heteroatoms. The first-order chi connectivity index (χ1) is 22.3. The minimum atomic E-state index is 0.621. The van der Waals surface area contributed by atoms with Gasteiger partial charge in [-0.3, -0.25) is 4.90 Å². The van der Waals surface area contributed by atoms with E-state index in [1.54, 1.807) is 0 Å². The van der Waals surface area contributed by atoms with E-state index in [0.717, 1.165) is 67.0 Å². The fraction of sp³-hybridized carbons (Fsp3) is 0. The molecule has 0 aliphatic carbocycles. The van der Waals surface area contributed by atoms with Crippen molar-refractivity contribution in [3.8, 4) is 44.9 Å². The van der Waals surface area contributed by atoms with E-state index in [1.807, 2.05) is 12.1 Å². The Labute approximate surface area is 260 Å². The molecule has 1 aliphatic rings. The summed E-state index contributed by atoms with van der Waals surface area (Å²) in [5.74, 6) is 0.621. The summed E-state index contributed by atoms with van der Waals surface area (Å²) in [7, 11) is 0. The van der Waals surface area contributed by atoms with Gasteiger partial charge in [0.2, 0.25) is 5.95 Å². The van der Waals surface area contributed by atoms with Crippen molar-refractivity contribution in [1.29, 1.82) is 0 Å². The Balaban J connectivity index is 1.32. The van der Waals surface area contributed by atoms with Crippen LogP contribution in [0.15, 0.2) is 158 Å². The zero-order valence-electron chi connectivity index (χ0n) is 24.3. The van der Waals surface area contributed by atoms with E-state index < -0.39 is 0 Å². The van der Waals surface area contributed by atoms with Crippen molar-refractivity contribution in [3.05, 3.63) is 158 Å². The van der Waals surface area contributed by atoms with E-state index in [1.165, 1.54) is 10.9 Å². The second kappa shape index (κ2) is 10.2. The average molecular weight is 575 g/mol. The summed E-state index contributed by atoms with van der Waals surface area (Å²) in [6.07, 6.45) is 0. The minimum absolute atomic E-state index is 0.621. The van der Waals surface area contributed by atoms with Crippen LogP contribution in [-0.2, 0) is 0 Å². The molecule has 3 heterocycles. The van der Waals surface area contributed by atoms with Gasteiger partial charge in [-0.25, -0.2) is 15.0 Å². The van der Waals surface area contributed by atoms with Crippen LogP contribution in [0.25, 0.3) is 66.6 Å². The van der Waals surface area contributed by atoms with Crippen molar-refractivity contribution in [2.45, 2.75) is 0 Å². The van der Waals surface area contributed by atoms with Gasteiger partial charge in [0.05, 0.1) is 34.0 Å². The van der Waals surface area contributed by atoms with Gasteiger partial charge < -0.3 is 0 Å². The Morgan fingerprint density at radius 1 is 0.400 bits per heavy atom. The quantitative estimate of drug-likeness (QED) is 0.196. The first-order valence-electron chi connectivity index (χ1n) is 15.1. The third-order valence-corrected chi connectivity index (χ3v) is 8.60. The third kappa shape index (κ3) is 4.19. The van der Waals surface area contributed by atoms with Crippen molar-refractivity contribution in [2.24, 2.45) is 0 Å². The molecule has 0 amide bonds. The molecule has 6 aromatic carbocycles. The van der Waals surface area contributed by atoms with Gasteiger partial charge in [-0.1, -0.05) is 127 Å². The molecule has 0 N–H and O–H groups in total. The van der Waals surface area contributed by atoms with Crippen LogP contribution in [0.3, 0.4) is 0 Å². The summed E-state index contributed by atoms with van der Waals surface area (Å²) < 4.78 is 0. The summed E-state index contributed by atoms with van der Waals surface area (Å²) in [6.45, 7) is 0. The summed E-state index contributed by atoms with van der Waals surface area (Å²) >= 11 is 0. The maximum Gasteiger partial charge on any atom is 0.235 e.